The number of rotatable bonds is 3. The van der Waals surface area contributed by atoms with Crippen LogP contribution in [0.4, 0.5) is 0 Å². The largest absolute Gasteiger partial charge is 0.352 e. The van der Waals surface area contributed by atoms with Crippen LogP contribution in [0.3, 0.4) is 0 Å². The van der Waals surface area contributed by atoms with Gasteiger partial charge in [-0.25, -0.2) is 0 Å². The van der Waals surface area contributed by atoms with Crippen LogP contribution in [0.1, 0.15) is 33.3 Å². The molecule has 0 saturated carbocycles. The lowest BCUT2D eigenvalue weighted by Crippen LogP contribution is -2.27. The van der Waals surface area contributed by atoms with Gasteiger partial charge in [0.15, 0.2) is 0 Å². The number of pyridine rings is 1. The van der Waals surface area contributed by atoms with E-state index in [1.54, 1.807) is 12.4 Å². The van der Waals surface area contributed by atoms with Crippen LogP contribution in [0.5, 0.6) is 0 Å². The van der Waals surface area contributed by atoms with Gasteiger partial charge in [0.05, 0.1) is 0 Å². The molecule has 0 bridgehead atoms. The van der Waals surface area contributed by atoms with Crippen molar-refractivity contribution in [2.45, 2.75) is 34.2 Å². The summed E-state index contributed by atoms with van der Waals surface area (Å²) in [5, 5.41) is 2.83. The fraction of sp³-hybridized carbons (Fsp3) is 0.500. The summed E-state index contributed by atoms with van der Waals surface area (Å²) in [5.41, 5.74) is 1.07. The molecule has 0 aromatic carbocycles. The Labute approximate surface area is 91.9 Å². The molecule has 0 saturated heterocycles. The van der Waals surface area contributed by atoms with Crippen molar-refractivity contribution in [3.8, 4) is 0 Å². The summed E-state index contributed by atoms with van der Waals surface area (Å²) in [6.07, 6.45) is 3.44. The average Bonchev–Trinajstić information content (AvgIpc) is 2.30. The minimum Gasteiger partial charge on any atom is -0.352 e. The molecular weight excluding hydrogens is 188 g/mol. The second kappa shape index (κ2) is 7.97. The van der Waals surface area contributed by atoms with Crippen molar-refractivity contribution >= 4 is 5.91 Å². The monoisotopic (exact) mass is 208 g/mol. The lowest BCUT2D eigenvalue weighted by atomic mass is 10.2. The lowest BCUT2D eigenvalue weighted by molar-refractivity contribution is -0.124. The minimum atomic E-state index is 0.0434. The third-order valence-electron chi connectivity index (χ3n) is 1.74. The van der Waals surface area contributed by atoms with Gasteiger partial charge < -0.3 is 5.32 Å². The van der Waals surface area contributed by atoms with Crippen molar-refractivity contribution < 1.29 is 4.79 Å². The molecule has 0 spiro atoms. The van der Waals surface area contributed by atoms with E-state index in [2.05, 4.69) is 10.3 Å². The maximum atomic E-state index is 11.2. The zero-order valence-corrected chi connectivity index (χ0v) is 9.95. The Balaban J connectivity index is 0.000000921. The predicted molar refractivity (Wildman–Crippen MR) is 62.3 cm³/mol. The molecule has 3 nitrogen and oxygen atoms in total. The fourth-order valence-corrected chi connectivity index (χ4v) is 0.894. The van der Waals surface area contributed by atoms with E-state index in [0.717, 1.165) is 5.56 Å². The molecule has 1 amide bonds. The van der Waals surface area contributed by atoms with Gasteiger partial charge in [-0.1, -0.05) is 27.7 Å². The minimum absolute atomic E-state index is 0.0434. The van der Waals surface area contributed by atoms with E-state index in [4.69, 9.17) is 0 Å². The van der Waals surface area contributed by atoms with Crippen LogP contribution < -0.4 is 5.32 Å². The SMILES string of the molecule is CC.CC(C)C(=O)NCc1ccncc1. The van der Waals surface area contributed by atoms with E-state index in [0.29, 0.717) is 6.54 Å². The maximum Gasteiger partial charge on any atom is 0.222 e. The van der Waals surface area contributed by atoms with E-state index in [-0.39, 0.29) is 11.8 Å². The van der Waals surface area contributed by atoms with Gasteiger partial charge in [-0.15, -0.1) is 0 Å². The van der Waals surface area contributed by atoms with Crippen LogP contribution in [-0.2, 0) is 11.3 Å². The number of carbonyl (C=O) groups excluding carboxylic acids is 1. The van der Waals surface area contributed by atoms with Gasteiger partial charge in [0, 0.05) is 24.9 Å². The first kappa shape index (κ1) is 13.6. The number of carbonyl (C=O) groups is 1. The third kappa shape index (κ3) is 5.83. The van der Waals surface area contributed by atoms with E-state index >= 15 is 0 Å². The summed E-state index contributed by atoms with van der Waals surface area (Å²) in [7, 11) is 0. The van der Waals surface area contributed by atoms with Crippen molar-refractivity contribution in [1.29, 1.82) is 0 Å². The van der Waals surface area contributed by atoms with Crippen molar-refractivity contribution in [2.24, 2.45) is 5.92 Å². The molecule has 3 heteroatoms. The Morgan fingerprint density at radius 3 is 2.33 bits per heavy atom. The molecule has 84 valence electrons. The van der Waals surface area contributed by atoms with Crippen LogP contribution in [0, 0.1) is 5.92 Å². The Bertz CT molecular complexity index is 270. The highest BCUT2D eigenvalue weighted by atomic mass is 16.1. The van der Waals surface area contributed by atoms with Gasteiger partial charge in [0.25, 0.3) is 0 Å². The van der Waals surface area contributed by atoms with Crippen LogP contribution in [-0.4, -0.2) is 10.9 Å². The maximum absolute atomic E-state index is 11.2. The van der Waals surface area contributed by atoms with Crippen molar-refractivity contribution in [1.82, 2.24) is 10.3 Å². The molecular formula is C12H20N2O. The van der Waals surface area contributed by atoms with E-state index < -0.39 is 0 Å². The summed E-state index contributed by atoms with van der Waals surface area (Å²) >= 11 is 0. The summed E-state index contributed by atoms with van der Waals surface area (Å²) < 4.78 is 0. The molecule has 0 atom stereocenters. The number of nitrogens with zero attached hydrogens (tertiary/aromatic N) is 1. The molecule has 1 rings (SSSR count). The van der Waals surface area contributed by atoms with Crippen LogP contribution in [0.2, 0.25) is 0 Å². The number of nitrogens with one attached hydrogen (secondary N) is 1. The van der Waals surface area contributed by atoms with Crippen LogP contribution in [0.15, 0.2) is 24.5 Å². The number of hydrogen-bond donors (Lipinski definition) is 1. The second-order valence-electron chi connectivity index (χ2n) is 3.23. The Kier molecular flexibility index (Phi) is 7.24. The first-order chi connectivity index (χ1) is 7.20. The highest BCUT2D eigenvalue weighted by Gasteiger charge is 2.04. The molecule has 1 N–H and O–H groups in total. The first-order valence-corrected chi connectivity index (χ1v) is 5.37. The van der Waals surface area contributed by atoms with Gasteiger partial charge in [-0.05, 0) is 17.7 Å². The molecule has 1 aromatic rings. The molecule has 1 heterocycles. The highest BCUT2D eigenvalue weighted by Crippen LogP contribution is 1.97. The zero-order valence-electron chi connectivity index (χ0n) is 9.95. The molecule has 0 fully saturated rings. The first-order valence-electron chi connectivity index (χ1n) is 5.37. The molecule has 15 heavy (non-hydrogen) atoms. The van der Waals surface area contributed by atoms with Gasteiger partial charge >= 0.3 is 0 Å². The van der Waals surface area contributed by atoms with Crippen LogP contribution in [0.25, 0.3) is 0 Å². The lowest BCUT2D eigenvalue weighted by Gasteiger charge is -2.06. The van der Waals surface area contributed by atoms with E-state index in [1.807, 2.05) is 39.8 Å². The zero-order chi connectivity index (χ0) is 11.7. The van der Waals surface area contributed by atoms with Gasteiger partial charge in [-0.3, -0.25) is 9.78 Å². The fourth-order valence-electron chi connectivity index (χ4n) is 0.894. The quantitative estimate of drug-likeness (QED) is 0.828. The number of hydrogen-bond acceptors (Lipinski definition) is 2. The van der Waals surface area contributed by atoms with Crippen molar-refractivity contribution in [3.63, 3.8) is 0 Å². The molecule has 0 aliphatic rings. The van der Waals surface area contributed by atoms with Gasteiger partial charge in [0.1, 0.15) is 0 Å². The molecule has 0 unspecified atom stereocenters. The summed E-state index contributed by atoms with van der Waals surface area (Å²) in [5.74, 6) is 0.124. The smallest absolute Gasteiger partial charge is 0.222 e. The van der Waals surface area contributed by atoms with Gasteiger partial charge in [-0.2, -0.15) is 0 Å². The third-order valence-corrected chi connectivity index (χ3v) is 1.74. The molecule has 0 radical (unpaired) electrons. The summed E-state index contributed by atoms with van der Waals surface area (Å²) in [6, 6.07) is 3.78. The normalized spacial score (nSPS) is 9.13. The Hall–Kier alpha value is -1.38. The Morgan fingerprint density at radius 1 is 1.33 bits per heavy atom. The molecule has 0 aliphatic heterocycles. The summed E-state index contributed by atoms with van der Waals surface area (Å²) in [6.45, 7) is 8.34. The standard InChI is InChI=1S/C10H14N2O.C2H6/c1-8(2)10(13)12-7-9-3-5-11-6-4-9;1-2/h3-6,8H,7H2,1-2H3,(H,12,13);1-2H3. The topological polar surface area (TPSA) is 42.0 Å². The number of amides is 1. The van der Waals surface area contributed by atoms with Crippen molar-refractivity contribution in [3.05, 3.63) is 30.1 Å². The Morgan fingerprint density at radius 2 is 1.87 bits per heavy atom. The highest BCUT2D eigenvalue weighted by molar-refractivity contribution is 5.77. The van der Waals surface area contributed by atoms with E-state index in [9.17, 15) is 4.79 Å². The molecule has 0 aliphatic carbocycles. The second-order valence-corrected chi connectivity index (χ2v) is 3.23. The van der Waals surface area contributed by atoms with Crippen LogP contribution >= 0.6 is 0 Å². The number of aromatic nitrogens is 1. The van der Waals surface area contributed by atoms with Crippen molar-refractivity contribution in [2.75, 3.05) is 0 Å². The van der Waals surface area contributed by atoms with E-state index in [1.165, 1.54) is 0 Å². The average molecular weight is 208 g/mol. The predicted octanol–water partition coefficient (Wildman–Crippen LogP) is 2.38. The van der Waals surface area contributed by atoms with Gasteiger partial charge in [0.2, 0.25) is 5.91 Å². The summed E-state index contributed by atoms with van der Waals surface area (Å²) in [4.78, 5) is 15.1. The molecule has 1 aromatic heterocycles.